The van der Waals surface area contributed by atoms with Gasteiger partial charge in [0.2, 0.25) is 5.91 Å². The molecular formula is C12H14N2O3S2. The number of hydrogen-bond donors (Lipinski definition) is 1. The molecule has 0 saturated heterocycles. The van der Waals surface area contributed by atoms with Gasteiger partial charge in [-0.05, 0) is 26.0 Å². The molecule has 1 N–H and O–H groups in total. The Morgan fingerprint density at radius 3 is 2.68 bits per heavy atom. The van der Waals surface area contributed by atoms with Gasteiger partial charge in [-0.25, -0.2) is 13.4 Å². The van der Waals surface area contributed by atoms with E-state index < -0.39 is 26.7 Å². The SMILES string of the molecule is CC(C)S(=O)(=O)CC(=O)Nc1nc2ccccc2s1. The first-order chi connectivity index (χ1) is 8.88. The molecule has 0 radical (unpaired) electrons. The van der Waals surface area contributed by atoms with Crippen molar-refractivity contribution in [3.63, 3.8) is 0 Å². The summed E-state index contributed by atoms with van der Waals surface area (Å²) < 4.78 is 24.2. The number of carbonyl (C=O) groups excluding carboxylic acids is 1. The minimum atomic E-state index is -3.38. The monoisotopic (exact) mass is 298 g/mol. The Hall–Kier alpha value is -1.47. The molecule has 102 valence electrons. The predicted octanol–water partition coefficient (Wildman–Crippen LogP) is 2.06. The summed E-state index contributed by atoms with van der Waals surface area (Å²) in [5.74, 6) is -1.06. The number of sulfone groups is 1. The third-order valence-electron chi connectivity index (χ3n) is 2.59. The van der Waals surface area contributed by atoms with Gasteiger partial charge in [-0.1, -0.05) is 23.5 Å². The van der Waals surface area contributed by atoms with Crippen molar-refractivity contribution in [1.29, 1.82) is 0 Å². The minimum Gasteiger partial charge on any atom is -0.301 e. The molecule has 0 saturated carbocycles. The highest BCUT2D eigenvalue weighted by molar-refractivity contribution is 7.92. The van der Waals surface area contributed by atoms with E-state index in [4.69, 9.17) is 0 Å². The zero-order chi connectivity index (χ0) is 14.0. The van der Waals surface area contributed by atoms with Crippen molar-refractivity contribution in [2.24, 2.45) is 0 Å². The van der Waals surface area contributed by atoms with Crippen LogP contribution in [-0.2, 0) is 14.6 Å². The number of hydrogen-bond acceptors (Lipinski definition) is 5. The zero-order valence-corrected chi connectivity index (χ0v) is 12.2. The first kappa shape index (κ1) is 14.0. The first-order valence-corrected chi connectivity index (χ1v) is 8.28. The summed E-state index contributed by atoms with van der Waals surface area (Å²) in [5, 5.41) is 2.39. The maximum atomic E-state index is 11.7. The molecule has 0 aliphatic carbocycles. The average Bonchev–Trinajstić information content (AvgIpc) is 2.69. The normalized spacial score (nSPS) is 11.9. The Labute approximate surface area is 115 Å². The number of nitrogens with one attached hydrogen (secondary N) is 1. The van der Waals surface area contributed by atoms with Gasteiger partial charge in [0.05, 0.1) is 15.5 Å². The second-order valence-corrected chi connectivity index (χ2v) is 7.98. The van der Waals surface area contributed by atoms with Crippen LogP contribution in [0.25, 0.3) is 10.2 Å². The maximum Gasteiger partial charge on any atom is 0.241 e. The lowest BCUT2D eigenvalue weighted by atomic mass is 10.3. The van der Waals surface area contributed by atoms with Crippen LogP contribution in [0.2, 0.25) is 0 Å². The molecule has 0 bridgehead atoms. The summed E-state index contributed by atoms with van der Waals surface area (Å²) in [4.78, 5) is 15.9. The molecule has 0 aliphatic rings. The van der Waals surface area contributed by atoms with E-state index in [1.165, 1.54) is 11.3 Å². The Morgan fingerprint density at radius 1 is 1.37 bits per heavy atom. The van der Waals surface area contributed by atoms with Crippen LogP contribution >= 0.6 is 11.3 Å². The molecule has 1 amide bonds. The largest absolute Gasteiger partial charge is 0.301 e. The molecule has 1 heterocycles. The second-order valence-electron chi connectivity index (χ2n) is 4.39. The van der Waals surface area contributed by atoms with Crippen LogP contribution < -0.4 is 5.32 Å². The Kier molecular flexibility index (Phi) is 3.86. The molecule has 0 aliphatic heterocycles. The van der Waals surface area contributed by atoms with Crippen molar-refractivity contribution in [3.05, 3.63) is 24.3 Å². The smallest absolute Gasteiger partial charge is 0.241 e. The van der Waals surface area contributed by atoms with Crippen LogP contribution in [0.4, 0.5) is 5.13 Å². The molecule has 19 heavy (non-hydrogen) atoms. The van der Waals surface area contributed by atoms with Crippen LogP contribution in [0.1, 0.15) is 13.8 Å². The molecule has 5 nitrogen and oxygen atoms in total. The quantitative estimate of drug-likeness (QED) is 0.937. The van der Waals surface area contributed by atoms with Gasteiger partial charge < -0.3 is 5.32 Å². The maximum absolute atomic E-state index is 11.7. The van der Waals surface area contributed by atoms with E-state index in [0.717, 1.165) is 10.2 Å². The lowest BCUT2D eigenvalue weighted by molar-refractivity contribution is -0.113. The van der Waals surface area contributed by atoms with Crippen molar-refractivity contribution >= 4 is 42.4 Å². The fraction of sp³-hybridized carbons (Fsp3) is 0.333. The van der Waals surface area contributed by atoms with Crippen molar-refractivity contribution in [1.82, 2.24) is 4.98 Å². The second kappa shape index (κ2) is 5.26. The fourth-order valence-electron chi connectivity index (χ4n) is 1.43. The Balaban J connectivity index is 2.11. The molecule has 1 aromatic heterocycles. The van der Waals surface area contributed by atoms with Gasteiger partial charge in [0.25, 0.3) is 0 Å². The van der Waals surface area contributed by atoms with Crippen molar-refractivity contribution in [2.75, 3.05) is 11.1 Å². The van der Waals surface area contributed by atoms with Gasteiger partial charge in [0, 0.05) is 0 Å². The summed E-state index contributed by atoms with van der Waals surface area (Å²) in [6, 6.07) is 7.48. The number of carbonyl (C=O) groups is 1. The number of anilines is 1. The zero-order valence-electron chi connectivity index (χ0n) is 10.6. The van der Waals surface area contributed by atoms with E-state index in [-0.39, 0.29) is 0 Å². The van der Waals surface area contributed by atoms with Gasteiger partial charge >= 0.3 is 0 Å². The van der Waals surface area contributed by atoms with Crippen LogP contribution in [0.15, 0.2) is 24.3 Å². The highest BCUT2D eigenvalue weighted by Crippen LogP contribution is 2.25. The summed E-state index contributed by atoms with van der Waals surface area (Å²) in [5.41, 5.74) is 0.787. The molecular weight excluding hydrogens is 284 g/mol. The standard InChI is InChI=1S/C12H14N2O3S2/c1-8(2)19(16,17)7-11(15)14-12-13-9-5-3-4-6-10(9)18-12/h3-6,8H,7H2,1-2H3,(H,13,14,15). The van der Waals surface area contributed by atoms with E-state index >= 15 is 0 Å². The lowest BCUT2D eigenvalue weighted by Crippen LogP contribution is -2.27. The number of amides is 1. The van der Waals surface area contributed by atoms with Gasteiger partial charge in [0.15, 0.2) is 15.0 Å². The highest BCUT2D eigenvalue weighted by atomic mass is 32.2. The van der Waals surface area contributed by atoms with Crippen LogP contribution in [0.5, 0.6) is 0 Å². The van der Waals surface area contributed by atoms with Gasteiger partial charge in [0.1, 0.15) is 5.75 Å². The Bertz CT molecular complexity index is 672. The van der Waals surface area contributed by atoms with Crippen LogP contribution in [0.3, 0.4) is 0 Å². The third kappa shape index (κ3) is 3.30. The summed E-state index contributed by atoms with van der Waals surface area (Å²) >= 11 is 1.32. The van der Waals surface area contributed by atoms with Gasteiger partial charge in [-0.15, -0.1) is 0 Å². The van der Waals surface area contributed by atoms with Crippen molar-refractivity contribution < 1.29 is 13.2 Å². The number of nitrogens with zero attached hydrogens (tertiary/aromatic N) is 1. The number of para-hydroxylation sites is 1. The summed E-state index contributed by atoms with van der Waals surface area (Å²) in [6.07, 6.45) is 0. The lowest BCUT2D eigenvalue weighted by Gasteiger charge is -2.06. The third-order valence-corrected chi connectivity index (χ3v) is 5.64. The number of aromatic nitrogens is 1. The van der Waals surface area contributed by atoms with E-state index in [1.807, 2.05) is 24.3 Å². The van der Waals surface area contributed by atoms with E-state index in [1.54, 1.807) is 13.8 Å². The topological polar surface area (TPSA) is 76.1 Å². The molecule has 7 heteroatoms. The van der Waals surface area contributed by atoms with Gasteiger partial charge in [-0.2, -0.15) is 0 Å². The van der Waals surface area contributed by atoms with Crippen LogP contribution in [-0.4, -0.2) is 30.3 Å². The van der Waals surface area contributed by atoms with Crippen molar-refractivity contribution in [3.8, 4) is 0 Å². The Morgan fingerprint density at radius 2 is 2.05 bits per heavy atom. The predicted molar refractivity (Wildman–Crippen MR) is 77.2 cm³/mol. The summed E-state index contributed by atoms with van der Waals surface area (Å²) in [7, 11) is -3.38. The minimum absolute atomic E-state index is 0.421. The van der Waals surface area contributed by atoms with Crippen LogP contribution in [0, 0.1) is 0 Å². The van der Waals surface area contributed by atoms with E-state index in [2.05, 4.69) is 10.3 Å². The molecule has 0 unspecified atom stereocenters. The van der Waals surface area contributed by atoms with E-state index in [0.29, 0.717) is 5.13 Å². The number of thiazole rings is 1. The fourth-order valence-corrected chi connectivity index (χ4v) is 3.08. The molecule has 1 aromatic carbocycles. The molecule has 2 rings (SSSR count). The van der Waals surface area contributed by atoms with Crippen molar-refractivity contribution in [2.45, 2.75) is 19.1 Å². The highest BCUT2D eigenvalue weighted by Gasteiger charge is 2.21. The molecule has 0 spiro atoms. The summed E-state index contributed by atoms with van der Waals surface area (Å²) in [6.45, 7) is 3.11. The number of rotatable bonds is 4. The molecule has 2 aromatic rings. The molecule has 0 fully saturated rings. The van der Waals surface area contributed by atoms with E-state index in [9.17, 15) is 13.2 Å². The first-order valence-electron chi connectivity index (χ1n) is 5.75. The number of benzene rings is 1. The average molecular weight is 298 g/mol. The molecule has 0 atom stereocenters. The van der Waals surface area contributed by atoms with Gasteiger partial charge in [-0.3, -0.25) is 4.79 Å². The number of fused-ring (bicyclic) bond motifs is 1.